The van der Waals surface area contributed by atoms with Gasteiger partial charge in [0.25, 0.3) is 0 Å². The van der Waals surface area contributed by atoms with Gasteiger partial charge in [0.1, 0.15) is 0 Å². The summed E-state index contributed by atoms with van der Waals surface area (Å²) in [7, 11) is 0. The van der Waals surface area contributed by atoms with E-state index in [4.69, 9.17) is 5.11 Å². The second-order valence-electron chi connectivity index (χ2n) is 5.52. The molecule has 0 radical (unpaired) electrons. The van der Waals surface area contributed by atoms with Gasteiger partial charge in [0, 0.05) is 25.9 Å². The molecule has 1 aromatic carbocycles. The van der Waals surface area contributed by atoms with Gasteiger partial charge in [-0.1, -0.05) is 12.1 Å². The lowest BCUT2D eigenvalue weighted by molar-refractivity contribution is -0.133. The minimum atomic E-state index is -0.942. The van der Waals surface area contributed by atoms with E-state index in [-0.39, 0.29) is 29.8 Å². The van der Waals surface area contributed by atoms with Crippen molar-refractivity contribution in [2.45, 2.75) is 25.7 Å². The van der Waals surface area contributed by atoms with Gasteiger partial charge >= 0.3 is 5.97 Å². The summed E-state index contributed by atoms with van der Waals surface area (Å²) in [5, 5.41) is 11.4. The number of hydrogen-bond acceptors (Lipinski definition) is 3. The zero-order valence-electron chi connectivity index (χ0n) is 12.5. The number of piperidine rings is 1. The van der Waals surface area contributed by atoms with E-state index < -0.39 is 5.97 Å². The molecule has 2 N–H and O–H groups in total. The van der Waals surface area contributed by atoms with Crippen molar-refractivity contribution in [1.82, 2.24) is 10.2 Å². The Hall–Kier alpha value is -2.37. The highest BCUT2D eigenvalue weighted by molar-refractivity contribution is 5.87. The summed E-state index contributed by atoms with van der Waals surface area (Å²) in [5.74, 6) is -1.03. The van der Waals surface area contributed by atoms with Gasteiger partial charge in [-0.3, -0.25) is 9.59 Å². The molecular weight excluding hydrogens is 284 g/mol. The van der Waals surface area contributed by atoms with Crippen molar-refractivity contribution in [3.8, 4) is 0 Å². The molecule has 0 aromatic heterocycles. The van der Waals surface area contributed by atoms with Crippen LogP contribution in [0.2, 0.25) is 0 Å². The van der Waals surface area contributed by atoms with Crippen LogP contribution in [0.3, 0.4) is 0 Å². The minimum Gasteiger partial charge on any atom is -0.478 e. The maximum absolute atomic E-state index is 12.1. The van der Waals surface area contributed by atoms with Gasteiger partial charge < -0.3 is 15.3 Å². The Balaban J connectivity index is 1.99. The third kappa shape index (κ3) is 4.07. The van der Waals surface area contributed by atoms with Crippen LogP contribution in [0.15, 0.2) is 24.3 Å². The summed E-state index contributed by atoms with van der Waals surface area (Å²) in [6, 6.07) is 6.82. The number of nitrogens with zero attached hydrogens (tertiary/aromatic N) is 1. The number of amides is 2. The summed E-state index contributed by atoms with van der Waals surface area (Å²) in [6.45, 7) is 2.71. The fourth-order valence-electron chi connectivity index (χ4n) is 2.69. The number of benzene rings is 1. The number of likely N-dealkylation sites (tertiary alicyclic amines) is 1. The van der Waals surface area contributed by atoms with Crippen LogP contribution in [-0.4, -0.2) is 47.4 Å². The molecule has 0 saturated carbocycles. The second-order valence-corrected chi connectivity index (χ2v) is 5.52. The monoisotopic (exact) mass is 304 g/mol. The molecule has 0 bridgehead atoms. The highest BCUT2D eigenvalue weighted by atomic mass is 16.4. The minimum absolute atomic E-state index is 0.0278. The van der Waals surface area contributed by atoms with E-state index in [0.29, 0.717) is 13.1 Å². The Morgan fingerprint density at radius 3 is 2.55 bits per heavy atom. The fraction of sp³-hybridized carbons (Fsp3) is 0.438. The number of hydrogen-bond donors (Lipinski definition) is 2. The number of carboxylic acids is 1. The lowest BCUT2D eigenvalue weighted by Gasteiger charge is -2.33. The molecule has 22 heavy (non-hydrogen) atoms. The van der Waals surface area contributed by atoms with Gasteiger partial charge in [-0.2, -0.15) is 0 Å². The van der Waals surface area contributed by atoms with Gasteiger partial charge in [-0.15, -0.1) is 0 Å². The molecule has 1 heterocycles. The zero-order valence-corrected chi connectivity index (χ0v) is 12.5. The molecule has 1 aromatic rings. The van der Waals surface area contributed by atoms with Crippen molar-refractivity contribution in [2.24, 2.45) is 0 Å². The molecule has 1 aliphatic rings. The Bertz CT molecular complexity index is 568. The highest BCUT2D eigenvalue weighted by Gasteiger charge is 2.24. The second kappa shape index (κ2) is 7.06. The van der Waals surface area contributed by atoms with Crippen molar-refractivity contribution < 1.29 is 19.5 Å². The van der Waals surface area contributed by atoms with Crippen LogP contribution in [0.5, 0.6) is 0 Å². The molecule has 118 valence electrons. The van der Waals surface area contributed by atoms with Crippen LogP contribution in [0.4, 0.5) is 0 Å². The number of nitrogens with one attached hydrogen (secondary N) is 1. The molecule has 2 rings (SSSR count). The first-order valence-electron chi connectivity index (χ1n) is 7.33. The molecule has 6 heteroatoms. The standard InChI is InChI=1S/C16H20N2O4/c1-11(19)17-9-15(20)18-8-2-3-14(10-18)12-4-6-13(7-5-12)16(21)22/h4-7,14H,2-3,8-10H2,1H3,(H,17,19)(H,21,22)/t14-/m1/s1. The van der Waals surface area contributed by atoms with Crippen molar-refractivity contribution in [3.05, 3.63) is 35.4 Å². The fourth-order valence-corrected chi connectivity index (χ4v) is 2.69. The predicted octanol–water partition coefficient (Wildman–Crippen LogP) is 1.23. The zero-order chi connectivity index (χ0) is 16.1. The molecule has 0 aliphatic carbocycles. The summed E-state index contributed by atoms with van der Waals surface area (Å²) < 4.78 is 0. The Morgan fingerprint density at radius 2 is 1.95 bits per heavy atom. The normalized spacial score (nSPS) is 17.9. The lowest BCUT2D eigenvalue weighted by Crippen LogP contribution is -2.44. The number of rotatable bonds is 4. The first-order valence-corrected chi connectivity index (χ1v) is 7.33. The molecular formula is C16H20N2O4. The van der Waals surface area contributed by atoms with E-state index in [1.54, 1.807) is 17.0 Å². The number of carbonyl (C=O) groups excluding carboxylic acids is 2. The van der Waals surface area contributed by atoms with Crippen molar-refractivity contribution in [1.29, 1.82) is 0 Å². The molecule has 0 spiro atoms. The third-order valence-electron chi connectivity index (χ3n) is 3.89. The average Bonchev–Trinajstić information content (AvgIpc) is 2.52. The van der Waals surface area contributed by atoms with Gasteiger partial charge in [0.15, 0.2) is 0 Å². The summed E-state index contributed by atoms with van der Waals surface area (Å²) >= 11 is 0. The Kier molecular flexibility index (Phi) is 5.14. The number of carboxylic acid groups (broad SMARTS) is 1. The first kappa shape index (κ1) is 16.0. The van der Waals surface area contributed by atoms with Gasteiger partial charge in [-0.25, -0.2) is 4.79 Å². The average molecular weight is 304 g/mol. The highest BCUT2D eigenvalue weighted by Crippen LogP contribution is 2.27. The maximum Gasteiger partial charge on any atom is 0.335 e. The van der Waals surface area contributed by atoms with Crippen LogP contribution in [0, 0.1) is 0 Å². The van der Waals surface area contributed by atoms with Crippen molar-refractivity contribution in [2.75, 3.05) is 19.6 Å². The van der Waals surface area contributed by atoms with E-state index in [9.17, 15) is 14.4 Å². The molecule has 2 amide bonds. The van der Waals surface area contributed by atoms with Crippen molar-refractivity contribution >= 4 is 17.8 Å². The number of aromatic carboxylic acids is 1. The molecule has 1 fully saturated rings. The SMILES string of the molecule is CC(=O)NCC(=O)N1CCC[C@@H](c2ccc(C(=O)O)cc2)C1. The van der Waals surface area contributed by atoms with Crippen LogP contribution in [-0.2, 0) is 9.59 Å². The molecule has 6 nitrogen and oxygen atoms in total. The number of carbonyl (C=O) groups is 3. The molecule has 0 unspecified atom stereocenters. The maximum atomic E-state index is 12.1. The van der Waals surface area contributed by atoms with E-state index in [1.165, 1.54) is 6.92 Å². The quantitative estimate of drug-likeness (QED) is 0.876. The first-order chi connectivity index (χ1) is 10.5. The summed E-state index contributed by atoms with van der Waals surface area (Å²) in [4.78, 5) is 35.6. The Labute approximate surface area is 129 Å². The largest absolute Gasteiger partial charge is 0.478 e. The topological polar surface area (TPSA) is 86.7 Å². The van der Waals surface area contributed by atoms with Gasteiger partial charge in [0.2, 0.25) is 11.8 Å². The molecule has 1 aliphatic heterocycles. The van der Waals surface area contributed by atoms with Crippen LogP contribution >= 0.6 is 0 Å². The Morgan fingerprint density at radius 1 is 1.27 bits per heavy atom. The summed E-state index contributed by atoms with van der Waals surface area (Å²) in [6.07, 6.45) is 1.87. The van der Waals surface area contributed by atoms with Crippen LogP contribution in [0.1, 0.15) is 41.6 Å². The van der Waals surface area contributed by atoms with Crippen LogP contribution < -0.4 is 5.32 Å². The summed E-state index contributed by atoms with van der Waals surface area (Å²) in [5.41, 5.74) is 1.31. The van der Waals surface area contributed by atoms with Gasteiger partial charge in [-0.05, 0) is 30.5 Å². The van der Waals surface area contributed by atoms with E-state index in [0.717, 1.165) is 18.4 Å². The van der Waals surface area contributed by atoms with E-state index >= 15 is 0 Å². The van der Waals surface area contributed by atoms with Crippen LogP contribution in [0.25, 0.3) is 0 Å². The molecule has 1 saturated heterocycles. The third-order valence-corrected chi connectivity index (χ3v) is 3.89. The van der Waals surface area contributed by atoms with E-state index in [1.807, 2.05) is 12.1 Å². The van der Waals surface area contributed by atoms with Crippen molar-refractivity contribution in [3.63, 3.8) is 0 Å². The van der Waals surface area contributed by atoms with Gasteiger partial charge in [0.05, 0.1) is 12.1 Å². The lowest BCUT2D eigenvalue weighted by atomic mass is 9.90. The van der Waals surface area contributed by atoms with E-state index in [2.05, 4.69) is 5.32 Å². The smallest absolute Gasteiger partial charge is 0.335 e. The predicted molar refractivity (Wildman–Crippen MR) is 80.6 cm³/mol. The molecule has 1 atom stereocenters.